The maximum atomic E-state index is 5.44. The summed E-state index contributed by atoms with van der Waals surface area (Å²) in [5, 5.41) is 6.78. The van der Waals surface area contributed by atoms with Gasteiger partial charge in [0.05, 0.1) is 10.6 Å². The Hall–Kier alpha value is -0.450. The van der Waals surface area contributed by atoms with Crippen LogP contribution >= 0.6 is 11.3 Å². The summed E-state index contributed by atoms with van der Waals surface area (Å²) in [7, 11) is 1.77. The maximum Gasteiger partial charge on any atom is 0.0965 e. The van der Waals surface area contributed by atoms with Gasteiger partial charge in [0, 0.05) is 37.2 Å². The largest absolute Gasteiger partial charge is 0.379 e. The zero-order chi connectivity index (χ0) is 12.9. The van der Waals surface area contributed by atoms with Gasteiger partial charge in [-0.05, 0) is 27.2 Å². The first kappa shape index (κ1) is 14.6. The molecule has 0 saturated heterocycles. The molecule has 1 heterocycles. The van der Waals surface area contributed by atoms with Crippen LogP contribution in [0.3, 0.4) is 0 Å². The average Bonchev–Trinajstić information content (AvgIpc) is 2.78. The molecule has 0 aromatic carbocycles. The molecule has 17 heavy (non-hydrogen) atoms. The van der Waals surface area contributed by atoms with E-state index >= 15 is 0 Å². The lowest BCUT2D eigenvalue weighted by Crippen LogP contribution is -2.37. The van der Waals surface area contributed by atoms with Crippen LogP contribution in [0.5, 0.6) is 0 Å². The van der Waals surface area contributed by atoms with Gasteiger partial charge in [0.1, 0.15) is 0 Å². The summed E-state index contributed by atoms with van der Waals surface area (Å²) in [5.41, 5.74) is -0.0587. The third-order valence-corrected chi connectivity index (χ3v) is 4.00. The molecule has 1 rings (SSSR count). The van der Waals surface area contributed by atoms with Crippen molar-refractivity contribution in [3.63, 3.8) is 0 Å². The van der Waals surface area contributed by atoms with Crippen molar-refractivity contribution in [3.8, 4) is 0 Å². The van der Waals surface area contributed by atoms with E-state index in [9.17, 15) is 0 Å². The van der Waals surface area contributed by atoms with Gasteiger partial charge >= 0.3 is 0 Å². The molecule has 0 aliphatic carbocycles. The van der Waals surface area contributed by atoms with E-state index in [-0.39, 0.29) is 5.60 Å². The Morgan fingerprint density at radius 1 is 1.47 bits per heavy atom. The minimum atomic E-state index is -0.0587. The van der Waals surface area contributed by atoms with Crippen molar-refractivity contribution in [1.82, 2.24) is 10.3 Å². The Bertz CT molecular complexity index is 311. The molecule has 0 amide bonds. The lowest BCUT2D eigenvalue weighted by molar-refractivity contribution is 0.00853. The molecule has 1 aromatic heterocycles. The number of rotatable bonds is 7. The molecule has 1 aromatic rings. The Morgan fingerprint density at radius 2 is 2.18 bits per heavy atom. The van der Waals surface area contributed by atoms with Crippen LogP contribution in [0.2, 0.25) is 0 Å². The number of hydrogen-bond donors (Lipinski definition) is 1. The molecule has 0 aliphatic rings. The van der Waals surface area contributed by atoms with Crippen LogP contribution in [0.25, 0.3) is 0 Å². The summed E-state index contributed by atoms with van der Waals surface area (Å²) >= 11 is 1.72. The van der Waals surface area contributed by atoms with E-state index in [1.54, 1.807) is 18.4 Å². The predicted molar refractivity (Wildman–Crippen MR) is 73.7 cm³/mol. The van der Waals surface area contributed by atoms with E-state index in [2.05, 4.69) is 38.0 Å². The molecule has 4 heteroatoms. The fourth-order valence-corrected chi connectivity index (χ4v) is 2.53. The van der Waals surface area contributed by atoms with Crippen molar-refractivity contribution >= 4 is 11.3 Å². The van der Waals surface area contributed by atoms with Gasteiger partial charge in [-0.25, -0.2) is 4.98 Å². The Labute approximate surface area is 109 Å². The second-order valence-electron chi connectivity index (χ2n) is 5.25. The van der Waals surface area contributed by atoms with E-state index in [4.69, 9.17) is 4.74 Å². The normalized spacial score (nSPS) is 15.8. The SMILES string of the molecule is COC(C)(C)CC(C)NCC(C)c1nccs1. The number of thiazole rings is 1. The zero-order valence-electron chi connectivity index (χ0n) is 11.5. The molecule has 0 spiro atoms. The highest BCUT2D eigenvalue weighted by molar-refractivity contribution is 7.09. The third-order valence-electron chi connectivity index (χ3n) is 3.00. The standard InChI is InChI=1S/C13H24N2OS/c1-10(12-14-6-7-17-12)9-15-11(2)8-13(3,4)16-5/h6-7,10-11,15H,8-9H2,1-5H3. The minimum Gasteiger partial charge on any atom is -0.379 e. The van der Waals surface area contributed by atoms with Crippen molar-refractivity contribution in [2.24, 2.45) is 0 Å². The molecule has 0 bridgehead atoms. The quantitative estimate of drug-likeness (QED) is 0.814. The minimum absolute atomic E-state index is 0.0587. The first-order chi connectivity index (χ1) is 7.94. The number of nitrogens with zero attached hydrogens (tertiary/aromatic N) is 1. The van der Waals surface area contributed by atoms with Crippen LogP contribution < -0.4 is 5.32 Å². The fourth-order valence-electron chi connectivity index (χ4n) is 1.84. The summed E-state index contributed by atoms with van der Waals surface area (Å²) in [6.07, 6.45) is 2.88. The summed E-state index contributed by atoms with van der Waals surface area (Å²) < 4.78 is 5.44. The Balaban J connectivity index is 2.31. The molecule has 0 fully saturated rings. The van der Waals surface area contributed by atoms with Gasteiger partial charge in [-0.2, -0.15) is 0 Å². The number of ether oxygens (including phenoxy) is 1. The van der Waals surface area contributed by atoms with Gasteiger partial charge in [-0.15, -0.1) is 11.3 Å². The summed E-state index contributed by atoms with van der Waals surface area (Å²) in [6.45, 7) is 9.62. The highest BCUT2D eigenvalue weighted by Crippen LogP contribution is 2.18. The van der Waals surface area contributed by atoms with Crippen LogP contribution in [-0.2, 0) is 4.74 Å². The van der Waals surface area contributed by atoms with Gasteiger partial charge in [-0.3, -0.25) is 0 Å². The van der Waals surface area contributed by atoms with Crippen molar-refractivity contribution in [2.75, 3.05) is 13.7 Å². The molecular formula is C13H24N2OS. The summed E-state index contributed by atoms with van der Waals surface area (Å²) in [4.78, 5) is 4.34. The van der Waals surface area contributed by atoms with E-state index in [1.807, 2.05) is 11.6 Å². The Kier molecular flexibility index (Phi) is 5.56. The highest BCUT2D eigenvalue weighted by atomic mass is 32.1. The first-order valence-corrected chi connectivity index (χ1v) is 7.00. The molecular weight excluding hydrogens is 232 g/mol. The summed E-state index contributed by atoms with van der Waals surface area (Å²) in [6, 6.07) is 0.451. The van der Waals surface area contributed by atoms with E-state index in [0.717, 1.165) is 13.0 Å². The molecule has 98 valence electrons. The maximum absolute atomic E-state index is 5.44. The van der Waals surface area contributed by atoms with Crippen LogP contribution in [-0.4, -0.2) is 30.3 Å². The predicted octanol–water partition coefficient (Wildman–Crippen LogP) is 3.04. The molecule has 3 nitrogen and oxygen atoms in total. The van der Waals surface area contributed by atoms with Gasteiger partial charge in [0.15, 0.2) is 0 Å². The number of nitrogens with one attached hydrogen (secondary N) is 1. The molecule has 2 atom stereocenters. The first-order valence-electron chi connectivity index (χ1n) is 6.12. The number of hydrogen-bond acceptors (Lipinski definition) is 4. The second-order valence-corrected chi connectivity index (χ2v) is 6.17. The monoisotopic (exact) mass is 256 g/mol. The summed E-state index contributed by atoms with van der Waals surface area (Å²) in [5.74, 6) is 0.475. The van der Waals surface area contributed by atoms with Crippen molar-refractivity contribution < 1.29 is 4.74 Å². The molecule has 0 aliphatic heterocycles. The second kappa shape index (κ2) is 6.47. The number of aromatic nitrogens is 1. The van der Waals surface area contributed by atoms with Crippen LogP contribution in [0.1, 0.15) is 45.0 Å². The zero-order valence-corrected chi connectivity index (χ0v) is 12.3. The Morgan fingerprint density at radius 3 is 2.71 bits per heavy atom. The third kappa shape index (κ3) is 5.15. The van der Waals surface area contributed by atoms with Crippen molar-refractivity contribution in [1.29, 1.82) is 0 Å². The van der Waals surface area contributed by atoms with Crippen molar-refractivity contribution in [2.45, 2.75) is 51.7 Å². The van der Waals surface area contributed by atoms with Gasteiger partial charge in [0.25, 0.3) is 0 Å². The molecule has 1 N–H and O–H groups in total. The molecule has 0 radical (unpaired) electrons. The fraction of sp³-hybridized carbons (Fsp3) is 0.769. The lowest BCUT2D eigenvalue weighted by atomic mass is 9.99. The van der Waals surface area contributed by atoms with E-state index in [0.29, 0.717) is 12.0 Å². The average molecular weight is 256 g/mol. The van der Waals surface area contributed by atoms with Gasteiger partial charge in [-0.1, -0.05) is 6.92 Å². The topological polar surface area (TPSA) is 34.1 Å². The van der Waals surface area contributed by atoms with Crippen LogP contribution in [0.4, 0.5) is 0 Å². The van der Waals surface area contributed by atoms with E-state index < -0.39 is 0 Å². The lowest BCUT2D eigenvalue weighted by Gasteiger charge is -2.27. The van der Waals surface area contributed by atoms with Crippen LogP contribution in [0, 0.1) is 0 Å². The smallest absolute Gasteiger partial charge is 0.0965 e. The number of methoxy groups -OCH3 is 1. The van der Waals surface area contributed by atoms with Gasteiger partial charge in [0.2, 0.25) is 0 Å². The van der Waals surface area contributed by atoms with Crippen LogP contribution in [0.15, 0.2) is 11.6 Å². The van der Waals surface area contributed by atoms with E-state index in [1.165, 1.54) is 5.01 Å². The molecule has 2 unspecified atom stereocenters. The van der Waals surface area contributed by atoms with Crippen molar-refractivity contribution in [3.05, 3.63) is 16.6 Å². The molecule has 0 saturated carbocycles. The highest BCUT2D eigenvalue weighted by Gasteiger charge is 2.20. The van der Waals surface area contributed by atoms with Gasteiger partial charge < -0.3 is 10.1 Å².